The molecule has 0 saturated heterocycles. The number of ether oxygens (including phenoxy) is 1. The van der Waals surface area contributed by atoms with Crippen LogP contribution >= 0.6 is 24.0 Å². The number of nitrogens with one attached hydrogen (secondary N) is 2. The van der Waals surface area contributed by atoms with Crippen LogP contribution in [-0.2, 0) is 17.8 Å². The maximum Gasteiger partial charge on any atom is 0.241 e. The third-order valence-corrected chi connectivity index (χ3v) is 4.70. The number of nitrogens with zero attached hydrogens (tertiary/aromatic N) is 2. The van der Waals surface area contributed by atoms with Gasteiger partial charge in [-0.15, -0.1) is 24.0 Å². The maximum absolute atomic E-state index is 11.9. The molecule has 1 aromatic carbocycles. The minimum absolute atomic E-state index is 0. The monoisotopic (exact) mass is 526 g/mol. The Morgan fingerprint density at radius 1 is 1.20 bits per heavy atom. The fourth-order valence-electron chi connectivity index (χ4n) is 2.68. The highest BCUT2D eigenvalue weighted by Gasteiger charge is 2.22. The van der Waals surface area contributed by atoms with Gasteiger partial charge in [0.1, 0.15) is 11.5 Å². The number of carbonyl (C=O) groups is 1. The van der Waals surface area contributed by atoms with Crippen LogP contribution in [0.1, 0.15) is 24.2 Å². The van der Waals surface area contributed by atoms with Gasteiger partial charge in [-0.05, 0) is 37.0 Å². The molecular weight excluding hydrogens is 495 g/mol. The van der Waals surface area contributed by atoms with Gasteiger partial charge < -0.3 is 24.7 Å². The van der Waals surface area contributed by atoms with Crippen molar-refractivity contribution in [1.29, 1.82) is 0 Å². The number of carbonyl (C=O) groups excluding carboxylic acids is 1. The Labute approximate surface area is 195 Å². The molecule has 0 spiro atoms. The molecule has 1 saturated carbocycles. The first-order chi connectivity index (χ1) is 14.1. The fraction of sp³-hybridized carbons (Fsp3) is 0.455. The van der Waals surface area contributed by atoms with Gasteiger partial charge in [0, 0.05) is 32.6 Å². The third-order valence-electron chi connectivity index (χ3n) is 4.70. The van der Waals surface area contributed by atoms with Crippen molar-refractivity contribution < 1.29 is 13.9 Å². The number of guanidine groups is 1. The summed E-state index contributed by atoms with van der Waals surface area (Å²) < 4.78 is 11.3. The number of halogens is 1. The van der Waals surface area contributed by atoms with Crippen molar-refractivity contribution in [3.8, 4) is 5.75 Å². The molecule has 8 heteroatoms. The summed E-state index contributed by atoms with van der Waals surface area (Å²) in [6.07, 6.45) is 4.91. The minimum Gasteiger partial charge on any atom is -0.493 e. The average Bonchev–Trinajstić information content (AvgIpc) is 3.41. The Morgan fingerprint density at radius 2 is 2.00 bits per heavy atom. The molecule has 2 aromatic rings. The molecule has 1 amide bonds. The van der Waals surface area contributed by atoms with Gasteiger partial charge in [0.15, 0.2) is 5.96 Å². The van der Waals surface area contributed by atoms with E-state index in [9.17, 15) is 4.79 Å². The molecule has 0 aliphatic heterocycles. The van der Waals surface area contributed by atoms with Gasteiger partial charge in [-0.25, -0.2) is 4.99 Å². The zero-order chi connectivity index (χ0) is 20.5. The van der Waals surface area contributed by atoms with Gasteiger partial charge in [-0.3, -0.25) is 4.79 Å². The van der Waals surface area contributed by atoms with Crippen LogP contribution in [0.5, 0.6) is 5.75 Å². The van der Waals surface area contributed by atoms with E-state index in [2.05, 4.69) is 15.6 Å². The van der Waals surface area contributed by atoms with Crippen LogP contribution in [-0.4, -0.2) is 50.6 Å². The highest BCUT2D eigenvalue weighted by atomic mass is 127. The van der Waals surface area contributed by atoms with E-state index < -0.39 is 0 Å². The lowest BCUT2D eigenvalue weighted by Crippen LogP contribution is -2.43. The first-order valence-corrected chi connectivity index (χ1v) is 10.1. The van der Waals surface area contributed by atoms with Crippen molar-refractivity contribution >= 4 is 35.8 Å². The second-order valence-corrected chi connectivity index (χ2v) is 7.42. The molecular formula is C22H31IN4O3. The predicted octanol–water partition coefficient (Wildman–Crippen LogP) is 3.05. The van der Waals surface area contributed by atoms with Crippen molar-refractivity contribution in [3.05, 3.63) is 54.0 Å². The lowest BCUT2D eigenvalue weighted by molar-refractivity contribution is -0.127. The third kappa shape index (κ3) is 8.25. The summed E-state index contributed by atoms with van der Waals surface area (Å²) in [7, 11) is 3.47. The Balaban J connectivity index is 0.00000320. The summed E-state index contributed by atoms with van der Waals surface area (Å²) in [5, 5.41) is 6.38. The summed E-state index contributed by atoms with van der Waals surface area (Å²) >= 11 is 0. The molecule has 1 fully saturated rings. The second-order valence-electron chi connectivity index (χ2n) is 7.42. The molecule has 0 unspecified atom stereocenters. The zero-order valence-corrected chi connectivity index (χ0v) is 19.9. The van der Waals surface area contributed by atoms with E-state index in [1.54, 1.807) is 25.3 Å². The highest BCUT2D eigenvalue weighted by molar-refractivity contribution is 14.0. The lowest BCUT2D eigenvalue weighted by Gasteiger charge is -2.15. The number of para-hydroxylation sites is 1. The Morgan fingerprint density at radius 3 is 2.70 bits per heavy atom. The molecule has 1 heterocycles. The van der Waals surface area contributed by atoms with Gasteiger partial charge >= 0.3 is 0 Å². The van der Waals surface area contributed by atoms with Crippen LogP contribution in [0.4, 0.5) is 0 Å². The van der Waals surface area contributed by atoms with E-state index in [-0.39, 0.29) is 36.4 Å². The minimum atomic E-state index is -0.0151. The molecule has 3 rings (SSSR count). The summed E-state index contributed by atoms with van der Waals surface area (Å²) in [5.41, 5.74) is 1.03. The van der Waals surface area contributed by atoms with Crippen LogP contribution in [0, 0.1) is 5.92 Å². The van der Waals surface area contributed by atoms with Crippen LogP contribution in [0.15, 0.2) is 52.1 Å². The van der Waals surface area contributed by atoms with E-state index in [1.165, 1.54) is 12.8 Å². The van der Waals surface area contributed by atoms with Gasteiger partial charge in [0.25, 0.3) is 0 Å². The first kappa shape index (κ1) is 24.0. The lowest BCUT2D eigenvalue weighted by atomic mass is 10.2. The van der Waals surface area contributed by atoms with Crippen molar-refractivity contribution in [2.75, 3.05) is 33.8 Å². The summed E-state index contributed by atoms with van der Waals surface area (Å²) in [6, 6.07) is 11.8. The summed E-state index contributed by atoms with van der Waals surface area (Å²) in [6.45, 7) is 2.06. The molecule has 164 valence electrons. The summed E-state index contributed by atoms with van der Waals surface area (Å²) in [5.74, 6) is 3.05. The topological polar surface area (TPSA) is 79.1 Å². The van der Waals surface area contributed by atoms with Crippen LogP contribution in [0.3, 0.4) is 0 Å². The number of benzene rings is 1. The first-order valence-electron chi connectivity index (χ1n) is 10.1. The molecule has 1 aromatic heterocycles. The summed E-state index contributed by atoms with van der Waals surface area (Å²) in [4.78, 5) is 18.1. The van der Waals surface area contributed by atoms with E-state index in [1.807, 2.05) is 36.4 Å². The molecule has 30 heavy (non-hydrogen) atoms. The second kappa shape index (κ2) is 12.5. The van der Waals surface area contributed by atoms with Crippen LogP contribution in [0.2, 0.25) is 0 Å². The van der Waals surface area contributed by atoms with E-state index >= 15 is 0 Å². The van der Waals surface area contributed by atoms with Gasteiger partial charge in [0.05, 0.1) is 26.0 Å². The molecule has 0 bridgehead atoms. The predicted molar refractivity (Wildman–Crippen MR) is 128 cm³/mol. The smallest absolute Gasteiger partial charge is 0.241 e. The number of rotatable bonds is 10. The SMILES string of the molecule is CN(C)C(=O)CNC(=NCc1ccccc1OCC1CC1)NCCc1ccco1.I. The Kier molecular flexibility index (Phi) is 9.99. The quantitative estimate of drug-likeness (QED) is 0.283. The van der Waals surface area contributed by atoms with Crippen molar-refractivity contribution in [3.63, 3.8) is 0 Å². The Hall–Kier alpha value is -2.23. The van der Waals surface area contributed by atoms with E-state index in [0.29, 0.717) is 25.0 Å². The highest BCUT2D eigenvalue weighted by Crippen LogP contribution is 2.30. The van der Waals surface area contributed by atoms with Crippen molar-refractivity contribution in [2.24, 2.45) is 10.9 Å². The van der Waals surface area contributed by atoms with Gasteiger partial charge in [-0.2, -0.15) is 0 Å². The molecule has 1 aliphatic rings. The standard InChI is InChI=1S/C22H30N4O3.HI/c1-26(2)21(27)15-25-22(23-12-11-19-7-5-13-28-19)24-14-18-6-3-4-8-20(18)29-16-17-9-10-17;/h3-8,13,17H,9-12,14-16H2,1-2H3,(H2,23,24,25);1H. The van der Waals surface area contributed by atoms with Crippen molar-refractivity contribution in [1.82, 2.24) is 15.5 Å². The van der Waals surface area contributed by atoms with Gasteiger partial charge in [-0.1, -0.05) is 18.2 Å². The molecule has 0 atom stereocenters. The number of furan rings is 1. The maximum atomic E-state index is 11.9. The largest absolute Gasteiger partial charge is 0.493 e. The molecule has 0 radical (unpaired) electrons. The van der Waals surface area contributed by atoms with E-state index in [4.69, 9.17) is 9.15 Å². The fourth-order valence-corrected chi connectivity index (χ4v) is 2.68. The van der Waals surface area contributed by atoms with Gasteiger partial charge in [0.2, 0.25) is 5.91 Å². The molecule has 1 aliphatic carbocycles. The zero-order valence-electron chi connectivity index (χ0n) is 17.6. The number of hydrogen-bond acceptors (Lipinski definition) is 4. The van der Waals surface area contributed by atoms with Crippen molar-refractivity contribution in [2.45, 2.75) is 25.8 Å². The average molecular weight is 526 g/mol. The number of likely N-dealkylation sites (N-methyl/N-ethyl adjacent to an activating group) is 1. The molecule has 2 N–H and O–H groups in total. The number of amides is 1. The van der Waals surface area contributed by atoms with E-state index in [0.717, 1.165) is 30.1 Å². The normalized spacial score (nSPS) is 13.3. The molecule has 7 nitrogen and oxygen atoms in total. The van der Waals surface area contributed by atoms with Crippen LogP contribution < -0.4 is 15.4 Å². The Bertz CT molecular complexity index is 804. The number of aliphatic imine (C=N–C) groups is 1. The number of hydrogen-bond donors (Lipinski definition) is 2. The van der Waals surface area contributed by atoms with Crippen LogP contribution in [0.25, 0.3) is 0 Å².